The van der Waals surface area contributed by atoms with Gasteiger partial charge < -0.3 is 0 Å². The minimum atomic E-state index is 0.198. The van der Waals surface area contributed by atoms with E-state index in [9.17, 15) is 0 Å². The van der Waals surface area contributed by atoms with Crippen LogP contribution in [0.2, 0.25) is 0 Å². The van der Waals surface area contributed by atoms with Crippen LogP contribution in [0, 0.1) is 0 Å². The Morgan fingerprint density at radius 1 is 1.00 bits per heavy atom. The van der Waals surface area contributed by atoms with Crippen molar-refractivity contribution in [3.8, 4) is 0 Å². The molecule has 1 heteroatoms. The van der Waals surface area contributed by atoms with Crippen LogP contribution in [-0.2, 0) is 18.3 Å². The van der Waals surface area contributed by atoms with Gasteiger partial charge in [-0.3, -0.25) is 4.98 Å². The first-order valence-corrected chi connectivity index (χ1v) is 6.98. The van der Waals surface area contributed by atoms with E-state index in [-0.39, 0.29) is 5.41 Å². The standard InChI is InChI=1S/C17H21N/c1-17(2,3)16-12-8-4-6-10-14(12)18-15-11-7-5-9-13(15)16/h4,6,8,10H,5,7,9,11H2,1-3H3. The van der Waals surface area contributed by atoms with Crippen molar-refractivity contribution in [1.29, 1.82) is 0 Å². The molecule has 1 aromatic carbocycles. The van der Waals surface area contributed by atoms with Crippen LogP contribution in [0.1, 0.15) is 50.4 Å². The van der Waals surface area contributed by atoms with Gasteiger partial charge in [0.15, 0.2) is 0 Å². The molecule has 0 fully saturated rings. The molecule has 1 heterocycles. The van der Waals surface area contributed by atoms with Gasteiger partial charge in [0.2, 0.25) is 0 Å². The van der Waals surface area contributed by atoms with Gasteiger partial charge in [-0.15, -0.1) is 0 Å². The average molecular weight is 239 g/mol. The normalized spacial score (nSPS) is 15.7. The van der Waals surface area contributed by atoms with Gasteiger partial charge in [-0.25, -0.2) is 0 Å². The van der Waals surface area contributed by atoms with Crippen molar-refractivity contribution in [2.45, 2.75) is 51.9 Å². The Bertz CT molecular complexity index is 590. The third-order valence-corrected chi connectivity index (χ3v) is 3.92. The molecule has 0 atom stereocenters. The number of hydrogen-bond donors (Lipinski definition) is 0. The molecule has 0 bridgehead atoms. The summed E-state index contributed by atoms with van der Waals surface area (Å²) in [6, 6.07) is 8.61. The van der Waals surface area contributed by atoms with Crippen molar-refractivity contribution >= 4 is 10.9 Å². The highest BCUT2D eigenvalue weighted by Gasteiger charge is 2.25. The third kappa shape index (κ3) is 1.82. The first-order valence-electron chi connectivity index (χ1n) is 6.98. The fourth-order valence-electron chi connectivity index (χ4n) is 3.23. The predicted octanol–water partition coefficient (Wildman–Crippen LogP) is 4.41. The molecule has 0 unspecified atom stereocenters. The lowest BCUT2D eigenvalue weighted by Gasteiger charge is -2.28. The molecular weight excluding hydrogens is 218 g/mol. The second kappa shape index (κ2) is 4.08. The number of fused-ring (bicyclic) bond motifs is 2. The first kappa shape index (κ1) is 11.7. The minimum absolute atomic E-state index is 0.198. The summed E-state index contributed by atoms with van der Waals surface area (Å²) < 4.78 is 0. The van der Waals surface area contributed by atoms with E-state index in [1.54, 1.807) is 0 Å². The van der Waals surface area contributed by atoms with E-state index < -0.39 is 0 Å². The van der Waals surface area contributed by atoms with Gasteiger partial charge >= 0.3 is 0 Å². The first-order chi connectivity index (χ1) is 8.57. The average Bonchev–Trinajstić information content (AvgIpc) is 2.34. The lowest BCUT2D eigenvalue weighted by atomic mass is 9.78. The molecule has 94 valence electrons. The van der Waals surface area contributed by atoms with E-state index >= 15 is 0 Å². The molecule has 0 radical (unpaired) electrons. The van der Waals surface area contributed by atoms with Crippen LogP contribution in [0.3, 0.4) is 0 Å². The van der Waals surface area contributed by atoms with Gasteiger partial charge in [-0.05, 0) is 48.3 Å². The summed E-state index contributed by atoms with van der Waals surface area (Å²) in [5, 5.41) is 1.35. The van der Waals surface area contributed by atoms with E-state index in [0.29, 0.717) is 0 Å². The van der Waals surface area contributed by atoms with E-state index in [1.165, 1.54) is 47.0 Å². The second-order valence-corrected chi connectivity index (χ2v) is 6.39. The zero-order valence-electron chi connectivity index (χ0n) is 11.6. The molecular formula is C17H21N. The van der Waals surface area contributed by atoms with Crippen molar-refractivity contribution in [1.82, 2.24) is 4.98 Å². The Kier molecular flexibility index (Phi) is 2.65. The molecule has 18 heavy (non-hydrogen) atoms. The SMILES string of the molecule is CC(C)(C)c1c2c(nc3ccccc13)CCCC2. The number of rotatable bonds is 0. The van der Waals surface area contributed by atoms with E-state index in [0.717, 1.165) is 6.42 Å². The van der Waals surface area contributed by atoms with Gasteiger partial charge in [0, 0.05) is 11.1 Å². The highest BCUT2D eigenvalue weighted by molar-refractivity contribution is 5.85. The fourth-order valence-corrected chi connectivity index (χ4v) is 3.23. The van der Waals surface area contributed by atoms with Crippen LogP contribution in [0.5, 0.6) is 0 Å². The van der Waals surface area contributed by atoms with Gasteiger partial charge in [-0.2, -0.15) is 0 Å². The molecule has 0 saturated heterocycles. The molecule has 1 aromatic heterocycles. The molecule has 0 spiro atoms. The summed E-state index contributed by atoms with van der Waals surface area (Å²) in [6.07, 6.45) is 4.97. The number of para-hydroxylation sites is 1. The number of benzene rings is 1. The van der Waals surface area contributed by atoms with Crippen molar-refractivity contribution in [3.63, 3.8) is 0 Å². The summed E-state index contributed by atoms with van der Waals surface area (Å²) in [5.74, 6) is 0. The highest BCUT2D eigenvalue weighted by Crippen LogP contribution is 2.36. The van der Waals surface area contributed by atoms with E-state index in [2.05, 4.69) is 45.0 Å². The van der Waals surface area contributed by atoms with Crippen molar-refractivity contribution < 1.29 is 0 Å². The molecule has 2 aromatic rings. The molecule has 1 aliphatic rings. The summed E-state index contributed by atoms with van der Waals surface area (Å²) in [5.41, 5.74) is 5.78. The maximum absolute atomic E-state index is 4.89. The topological polar surface area (TPSA) is 12.9 Å². The smallest absolute Gasteiger partial charge is 0.0708 e. The number of pyridine rings is 1. The van der Waals surface area contributed by atoms with Crippen LogP contribution in [0.25, 0.3) is 10.9 Å². The van der Waals surface area contributed by atoms with Crippen molar-refractivity contribution in [2.75, 3.05) is 0 Å². The van der Waals surface area contributed by atoms with Crippen molar-refractivity contribution in [3.05, 3.63) is 41.1 Å². The van der Waals surface area contributed by atoms with Crippen LogP contribution in [0.15, 0.2) is 24.3 Å². The summed E-state index contributed by atoms with van der Waals surface area (Å²) in [7, 11) is 0. The maximum atomic E-state index is 4.89. The zero-order chi connectivity index (χ0) is 12.8. The van der Waals surface area contributed by atoms with Gasteiger partial charge in [0.1, 0.15) is 0 Å². The lowest BCUT2D eigenvalue weighted by Crippen LogP contribution is -2.19. The lowest BCUT2D eigenvalue weighted by molar-refractivity contribution is 0.570. The summed E-state index contributed by atoms with van der Waals surface area (Å²) in [4.78, 5) is 4.89. The van der Waals surface area contributed by atoms with E-state index in [1.807, 2.05) is 0 Å². The quantitative estimate of drug-likeness (QED) is 0.663. The van der Waals surface area contributed by atoms with E-state index in [4.69, 9.17) is 4.98 Å². The number of nitrogens with zero attached hydrogens (tertiary/aromatic N) is 1. The van der Waals surface area contributed by atoms with Crippen LogP contribution in [-0.4, -0.2) is 4.98 Å². The number of aromatic nitrogens is 1. The summed E-state index contributed by atoms with van der Waals surface area (Å²) >= 11 is 0. The maximum Gasteiger partial charge on any atom is 0.0708 e. The number of hydrogen-bond acceptors (Lipinski definition) is 1. The van der Waals surface area contributed by atoms with Gasteiger partial charge in [0.25, 0.3) is 0 Å². The monoisotopic (exact) mass is 239 g/mol. The minimum Gasteiger partial charge on any atom is -0.253 e. The van der Waals surface area contributed by atoms with Gasteiger partial charge in [0.05, 0.1) is 5.52 Å². The Labute approximate surface area is 109 Å². The third-order valence-electron chi connectivity index (χ3n) is 3.92. The second-order valence-electron chi connectivity index (χ2n) is 6.39. The molecule has 1 aliphatic carbocycles. The van der Waals surface area contributed by atoms with Crippen LogP contribution < -0.4 is 0 Å². The Morgan fingerprint density at radius 3 is 2.50 bits per heavy atom. The Hall–Kier alpha value is -1.37. The van der Waals surface area contributed by atoms with Crippen molar-refractivity contribution in [2.24, 2.45) is 0 Å². The largest absolute Gasteiger partial charge is 0.253 e. The molecule has 0 N–H and O–H groups in total. The zero-order valence-corrected chi connectivity index (χ0v) is 11.6. The predicted molar refractivity (Wildman–Crippen MR) is 77.1 cm³/mol. The molecule has 1 nitrogen and oxygen atoms in total. The molecule has 3 rings (SSSR count). The Morgan fingerprint density at radius 2 is 1.72 bits per heavy atom. The molecule has 0 amide bonds. The molecule has 0 saturated carbocycles. The van der Waals surface area contributed by atoms with Gasteiger partial charge in [-0.1, -0.05) is 39.0 Å². The number of aryl methyl sites for hydroxylation is 1. The highest BCUT2D eigenvalue weighted by atomic mass is 14.7. The molecule has 0 aliphatic heterocycles. The van der Waals surface area contributed by atoms with Crippen LogP contribution >= 0.6 is 0 Å². The fraction of sp³-hybridized carbons (Fsp3) is 0.471. The summed E-state index contributed by atoms with van der Waals surface area (Å²) in [6.45, 7) is 6.97. The Balaban J connectivity index is 2.40. The van der Waals surface area contributed by atoms with Crippen LogP contribution in [0.4, 0.5) is 0 Å².